The highest BCUT2D eigenvalue weighted by atomic mass is 19.4. The molecule has 0 amide bonds. The first-order chi connectivity index (χ1) is 17.5. The number of anilines is 1. The Hall–Kier alpha value is -3.43. The standard InChI is InChI=1S/C18H21F2N3O.2C2HF3O2/c19-18(20)6-8-22(11-15-4-10-24-12-15)13-17(18)5-9-23(14-17)16-3-1-2-7-21-16;2*3-2(4,5)1(6)7/h1-4,7,10,12H,5-6,8-9,11,13-14H2;2*(H,6,7). The molecule has 0 aromatic carbocycles. The maximum Gasteiger partial charge on any atom is 0.490 e. The number of aromatic nitrogens is 1. The third-order valence-electron chi connectivity index (χ3n) is 5.84. The highest BCUT2D eigenvalue weighted by Gasteiger charge is 2.59. The molecular formula is C22H23F8N3O5. The van der Waals surface area contributed by atoms with Gasteiger partial charge in [-0.15, -0.1) is 0 Å². The van der Waals surface area contributed by atoms with Crippen LogP contribution >= 0.6 is 0 Å². The van der Waals surface area contributed by atoms with E-state index in [1.165, 1.54) is 0 Å². The molecule has 2 aromatic rings. The van der Waals surface area contributed by atoms with Crippen molar-refractivity contribution in [3.05, 3.63) is 48.6 Å². The smallest absolute Gasteiger partial charge is 0.475 e. The van der Waals surface area contributed by atoms with Crippen molar-refractivity contribution < 1.29 is 59.3 Å². The van der Waals surface area contributed by atoms with Crippen LogP contribution in [-0.4, -0.2) is 76.5 Å². The Labute approximate surface area is 210 Å². The third-order valence-corrected chi connectivity index (χ3v) is 5.84. The molecule has 2 aromatic heterocycles. The molecule has 38 heavy (non-hydrogen) atoms. The second-order valence-electron chi connectivity index (χ2n) is 8.54. The molecule has 1 atom stereocenters. The minimum Gasteiger partial charge on any atom is -0.475 e. The number of carboxylic acid groups (broad SMARTS) is 2. The second-order valence-corrected chi connectivity index (χ2v) is 8.54. The molecule has 16 heteroatoms. The van der Waals surface area contributed by atoms with Gasteiger partial charge in [-0.1, -0.05) is 6.07 Å². The fourth-order valence-corrected chi connectivity index (χ4v) is 4.00. The van der Waals surface area contributed by atoms with Crippen LogP contribution in [0.15, 0.2) is 47.4 Å². The molecular weight excluding hydrogens is 538 g/mol. The van der Waals surface area contributed by atoms with Gasteiger partial charge in [-0.05, 0) is 24.6 Å². The summed E-state index contributed by atoms with van der Waals surface area (Å²) in [5.74, 6) is -7.36. The van der Waals surface area contributed by atoms with E-state index in [4.69, 9.17) is 24.2 Å². The molecule has 0 aliphatic carbocycles. The Bertz CT molecular complexity index is 1020. The van der Waals surface area contributed by atoms with Gasteiger partial charge in [0.1, 0.15) is 5.82 Å². The summed E-state index contributed by atoms with van der Waals surface area (Å²) in [6.07, 6.45) is -4.72. The number of rotatable bonds is 3. The summed E-state index contributed by atoms with van der Waals surface area (Å²) in [4.78, 5) is 26.2. The summed E-state index contributed by atoms with van der Waals surface area (Å²) in [6, 6.07) is 7.53. The predicted octanol–water partition coefficient (Wildman–Crippen LogP) is 4.68. The molecule has 8 nitrogen and oxygen atoms in total. The van der Waals surface area contributed by atoms with Crippen molar-refractivity contribution in [2.24, 2.45) is 5.41 Å². The lowest BCUT2D eigenvalue weighted by Crippen LogP contribution is -2.56. The number of hydrogen-bond donors (Lipinski definition) is 2. The van der Waals surface area contributed by atoms with Crippen LogP contribution in [0.5, 0.6) is 0 Å². The number of likely N-dealkylation sites (tertiary alicyclic amines) is 1. The number of alkyl halides is 8. The van der Waals surface area contributed by atoms with Crippen LogP contribution < -0.4 is 4.90 Å². The number of halogens is 8. The molecule has 0 saturated carbocycles. The average molecular weight is 561 g/mol. The molecule has 0 radical (unpaired) electrons. The number of hydrogen-bond acceptors (Lipinski definition) is 6. The number of piperidine rings is 1. The summed E-state index contributed by atoms with van der Waals surface area (Å²) < 4.78 is 98.2. The summed E-state index contributed by atoms with van der Waals surface area (Å²) in [6.45, 7) is 2.49. The van der Waals surface area contributed by atoms with Crippen LogP contribution in [-0.2, 0) is 16.1 Å². The molecule has 2 fully saturated rings. The molecule has 212 valence electrons. The number of furan rings is 1. The Morgan fingerprint density at radius 2 is 1.55 bits per heavy atom. The number of nitrogens with zero attached hydrogens (tertiary/aromatic N) is 3. The molecule has 4 rings (SSSR count). The van der Waals surface area contributed by atoms with E-state index in [1.807, 2.05) is 29.2 Å². The zero-order chi connectivity index (χ0) is 28.8. The Morgan fingerprint density at radius 1 is 0.947 bits per heavy atom. The van der Waals surface area contributed by atoms with Crippen LogP contribution in [0.3, 0.4) is 0 Å². The Morgan fingerprint density at radius 3 is 2.03 bits per heavy atom. The monoisotopic (exact) mass is 561 g/mol. The van der Waals surface area contributed by atoms with E-state index >= 15 is 0 Å². The van der Waals surface area contributed by atoms with Gasteiger partial charge in [-0.3, -0.25) is 4.90 Å². The van der Waals surface area contributed by atoms with Gasteiger partial charge in [0.2, 0.25) is 0 Å². The molecule has 1 spiro atoms. The molecule has 2 saturated heterocycles. The molecule has 0 bridgehead atoms. The first kappa shape index (κ1) is 30.8. The van der Waals surface area contributed by atoms with Gasteiger partial charge in [0.05, 0.1) is 17.9 Å². The van der Waals surface area contributed by atoms with E-state index in [0.29, 0.717) is 39.1 Å². The first-order valence-corrected chi connectivity index (χ1v) is 10.8. The lowest BCUT2D eigenvalue weighted by atomic mass is 9.75. The molecule has 2 aliphatic heterocycles. The van der Waals surface area contributed by atoms with E-state index in [0.717, 1.165) is 11.4 Å². The number of carboxylic acids is 2. The molecule has 1 unspecified atom stereocenters. The zero-order valence-corrected chi connectivity index (χ0v) is 19.5. The van der Waals surface area contributed by atoms with Crippen molar-refractivity contribution in [1.29, 1.82) is 0 Å². The van der Waals surface area contributed by atoms with Crippen molar-refractivity contribution >= 4 is 17.8 Å². The lowest BCUT2D eigenvalue weighted by molar-refractivity contribution is -0.193. The average Bonchev–Trinajstić information content (AvgIpc) is 3.48. The Balaban J connectivity index is 0.000000301. The van der Waals surface area contributed by atoms with Crippen LogP contribution in [0.1, 0.15) is 18.4 Å². The molecule has 2 aliphatic rings. The highest BCUT2D eigenvalue weighted by molar-refractivity contribution is 5.73. The van der Waals surface area contributed by atoms with Crippen molar-refractivity contribution in [3.63, 3.8) is 0 Å². The fraction of sp³-hybridized carbons (Fsp3) is 0.500. The lowest BCUT2D eigenvalue weighted by Gasteiger charge is -2.45. The van der Waals surface area contributed by atoms with Crippen LogP contribution in [0.4, 0.5) is 40.9 Å². The van der Waals surface area contributed by atoms with Gasteiger partial charge in [0, 0.05) is 50.9 Å². The molecule has 2 N–H and O–H groups in total. The minimum absolute atomic E-state index is 0.0824. The summed E-state index contributed by atoms with van der Waals surface area (Å²) in [5, 5.41) is 14.2. The predicted molar refractivity (Wildman–Crippen MR) is 114 cm³/mol. The SMILES string of the molecule is FC1(F)CCN(Cc2ccoc2)CC12CCN(c1ccccn1)C2.O=C(O)C(F)(F)F.O=C(O)C(F)(F)F. The quantitative estimate of drug-likeness (QED) is 0.521. The summed E-state index contributed by atoms with van der Waals surface area (Å²) in [5.41, 5.74) is 0.0434. The van der Waals surface area contributed by atoms with Gasteiger partial charge in [0.15, 0.2) is 0 Å². The van der Waals surface area contributed by atoms with Crippen molar-refractivity contribution in [1.82, 2.24) is 9.88 Å². The van der Waals surface area contributed by atoms with E-state index in [-0.39, 0.29) is 6.42 Å². The van der Waals surface area contributed by atoms with Gasteiger partial charge in [-0.25, -0.2) is 23.4 Å². The van der Waals surface area contributed by atoms with Crippen LogP contribution in [0, 0.1) is 5.41 Å². The second kappa shape index (κ2) is 12.0. The van der Waals surface area contributed by atoms with E-state index < -0.39 is 35.6 Å². The minimum atomic E-state index is -5.08. The highest BCUT2D eigenvalue weighted by Crippen LogP contribution is 2.50. The fourth-order valence-electron chi connectivity index (χ4n) is 4.00. The van der Waals surface area contributed by atoms with Gasteiger partial charge >= 0.3 is 24.3 Å². The van der Waals surface area contributed by atoms with Crippen molar-refractivity contribution in [2.75, 3.05) is 31.1 Å². The van der Waals surface area contributed by atoms with Crippen molar-refractivity contribution in [2.45, 2.75) is 37.7 Å². The maximum absolute atomic E-state index is 14.8. The van der Waals surface area contributed by atoms with Crippen LogP contribution in [0.25, 0.3) is 0 Å². The van der Waals surface area contributed by atoms with E-state index in [1.54, 1.807) is 18.7 Å². The third kappa shape index (κ3) is 8.29. The van der Waals surface area contributed by atoms with Gasteiger partial charge in [0.25, 0.3) is 5.92 Å². The van der Waals surface area contributed by atoms with Crippen LogP contribution in [0.2, 0.25) is 0 Å². The number of pyridine rings is 1. The first-order valence-electron chi connectivity index (χ1n) is 10.8. The number of carbonyl (C=O) groups is 2. The maximum atomic E-state index is 14.8. The van der Waals surface area contributed by atoms with E-state index in [9.17, 15) is 35.1 Å². The largest absolute Gasteiger partial charge is 0.490 e. The van der Waals surface area contributed by atoms with E-state index in [2.05, 4.69) is 9.88 Å². The Kier molecular flexibility index (Phi) is 9.69. The summed E-state index contributed by atoms with van der Waals surface area (Å²) in [7, 11) is 0. The topological polar surface area (TPSA) is 107 Å². The number of aliphatic carboxylic acids is 2. The van der Waals surface area contributed by atoms with Gasteiger partial charge in [-0.2, -0.15) is 26.3 Å². The molecule has 4 heterocycles. The van der Waals surface area contributed by atoms with Gasteiger partial charge < -0.3 is 19.5 Å². The normalized spacial score (nSPS) is 21.2. The van der Waals surface area contributed by atoms with Crippen molar-refractivity contribution in [3.8, 4) is 0 Å². The zero-order valence-electron chi connectivity index (χ0n) is 19.5. The summed E-state index contributed by atoms with van der Waals surface area (Å²) >= 11 is 0.